The molecule has 1 N–H and O–H groups in total. The maximum atomic E-state index is 6.37. The molecule has 1 aromatic carbocycles. The number of hydrogen-bond acceptors (Lipinski definition) is 2. The first-order valence-electron chi connectivity index (χ1n) is 7.34. The highest BCUT2D eigenvalue weighted by Crippen LogP contribution is 2.28. The third kappa shape index (κ3) is 4.22. The van der Waals surface area contributed by atoms with Crippen LogP contribution >= 0.6 is 23.2 Å². The molecule has 3 nitrogen and oxygen atoms in total. The van der Waals surface area contributed by atoms with E-state index >= 15 is 0 Å². The van der Waals surface area contributed by atoms with Crippen LogP contribution in [0.25, 0.3) is 0 Å². The van der Waals surface area contributed by atoms with Gasteiger partial charge in [-0.15, -0.1) is 0 Å². The van der Waals surface area contributed by atoms with E-state index in [1.807, 2.05) is 24.5 Å². The van der Waals surface area contributed by atoms with E-state index in [-0.39, 0.29) is 6.04 Å². The smallest absolute Gasteiger partial charge is 0.110 e. The van der Waals surface area contributed by atoms with Crippen LogP contribution in [0.15, 0.2) is 30.6 Å². The standard InChI is InChI=1S/C16H21Cl2N3/c1-3-7-19-15(11-16-20-8-9-21(16)4-2)13-6-5-12(17)10-14(13)18/h5-6,8-10,15,19H,3-4,7,11H2,1-2H3. The molecule has 0 radical (unpaired) electrons. The van der Waals surface area contributed by atoms with Gasteiger partial charge in [0.05, 0.1) is 0 Å². The van der Waals surface area contributed by atoms with Gasteiger partial charge in [-0.2, -0.15) is 0 Å². The molecule has 0 bridgehead atoms. The lowest BCUT2D eigenvalue weighted by Crippen LogP contribution is -2.25. The first-order valence-corrected chi connectivity index (χ1v) is 8.09. The lowest BCUT2D eigenvalue weighted by molar-refractivity contribution is 0.506. The molecule has 0 aliphatic carbocycles. The predicted molar refractivity (Wildman–Crippen MR) is 89.1 cm³/mol. The molecule has 0 fully saturated rings. The summed E-state index contributed by atoms with van der Waals surface area (Å²) in [6, 6.07) is 5.82. The van der Waals surface area contributed by atoms with Crippen LogP contribution in [-0.2, 0) is 13.0 Å². The number of halogens is 2. The van der Waals surface area contributed by atoms with Crippen molar-refractivity contribution in [2.24, 2.45) is 0 Å². The van der Waals surface area contributed by atoms with Gasteiger partial charge in [0.25, 0.3) is 0 Å². The highest BCUT2D eigenvalue weighted by atomic mass is 35.5. The van der Waals surface area contributed by atoms with E-state index in [2.05, 4.69) is 28.7 Å². The summed E-state index contributed by atoms with van der Waals surface area (Å²) in [4.78, 5) is 4.46. The van der Waals surface area contributed by atoms with E-state index in [1.165, 1.54) is 0 Å². The molecule has 0 saturated carbocycles. The van der Waals surface area contributed by atoms with E-state index < -0.39 is 0 Å². The van der Waals surface area contributed by atoms with Crippen LogP contribution in [0.3, 0.4) is 0 Å². The summed E-state index contributed by atoms with van der Waals surface area (Å²) in [6.45, 7) is 6.14. The minimum absolute atomic E-state index is 0.141. The van der Waals surface area contributed by atoms with Gasteiger partial charge >= 0.3 is 0 Å². The molecule has 114 valence electrons. The van der Waals surface area contributed by atoms with Crippen molar-refractivity contribution in [2.45, 2.75) is 39.3 Å². The Balaban J connectivity index is 2.25. The van der Waals surface area contributed by atoms with Crippen LogP contribution in [-0.4, -0.2) is 16.1 Å². The van der Waals surface area contributed by atoms with Crippen molar-refractivity contribution in [3.63, 3.8) is 0 Å². The van der Waals surface area contributed by atoms with Gasteiger partial charge in [-0.3, -0.25) is 0 Å². The van der Waals surface area contributed by atoms with E-state index in [4.69, 9.17) is 23.2 Å². The largest absolute Gasteiger partial charge is 0.335 e. The molecule has 2 rings (SSSR count). The first kappa shape index (κ1) is 16.3. The second-order valence-electron chi connectivity index (χ2n) is 5.01. The van der Waals surface area contributed by atoms with Crippen LogP contribution in [0.1, 0.15) is 37.7 Å². The van der Waals surface area contributed by atoms with Gasteiger partial charge in [0.1, 0.15) is 5.82 Å². The van der Waals surface area contributed by atoms with Crippen molar-refractivity contribution in [2.75, 3.05) is 6.54 Å². The maximum Gasteiger partial charge on any atom is 0.110 e. The predicted octanol–water partition coefficient (Wildman–Crippen LogP) is 4.49. The summed E-state index contributed by atoms with van der Waals surface area (Å²) in [5.41, 5.74) is 1.07. The summed E-state index contributed by atoms with van der Waals surface area (Å²) in [5.74, 6) is 1.07. The van der Waals surface area contributed by atoms with Crippen molar-refractivity contribution >= 4 is 23.2 Å². The topological polar surface area (TPSA) is 29.9 Å². The second-order valence-corrected chi connectivity index (χ2v) is 5.85. The van der Waals surface area contributed by atoms with E-state index in [0.717, 1.165) is 37.3 Å². The molecular weight excluding hydrogens is 305 g/mol. The lowest BCUT2D eigenvalue weighted by Gasteiger charge is -2.20. The Morgan fingerprint density at radius 3 is 2.76 bits per heavy atom. The van der Waals surface area contributed by atoms with Gasteiger partial charge in [-0.1, -0.05) is 36.2 Å². The van der Waals surface area contributed by atoms with Gasteiger partial charge < -0.3 is 9.88 Å². The quantitative estimate of drug-likeness (QED) is 0.812. The minimum Gasteiger partial charge on any atom is -0.335 e. The molecule has 0 spiro atoms. The molecule has 0 saturated heterocycles. The average molecular weight is 326 g/mol. The number of aryl methyl sites for hydroxylation is 1. The Bertz CT molecular complexity index is 581. The van der Waals surface area contributed by atoms with Crippen molar-refractivity contribution in [3.05, 3.63) is 52.0 Å². The van der Waals surface area contributed by atoms with Crippen LogP contribution in [0.2, 0.25) is 10.0 Å². The van der Waals surface area contributed by atoms with Gasteiger partial charge in [-0.25, -0.2) is 4.98 Å². The molecule has 21 heavy (non-hydrogen) atoms. The summed E-state index contributed by atoms with van der Waals surface area (Å²) >= 11 is 12.4. The first-order chi connectivity index (χ1) is 10.2. The summed E-state index contributed by atoms with van der Waals surface area (Å²) < 4.78 is 2.16. The Labute approximate surface area is 136 Å². The fourth-order valence-corrected chi connectivity index (χ4v) is 2.94. The summed E-state index contributed by atoms with van der Waals surface area (Å²) in [5, 5.41) is 4.91. The average Bonchev–Trinajstić information content (AvgIpc) is 2.91. The Morgan fingerprint density at radius 2 is 2.10 bits per heavy atom. The molecule has 0 aliphatic heterocycles. The SMILES string of the molecule is CCCNC(Cc1nccn1CC)c1ccc(Cl)cc1Cl. The Kier molecular flexibility index (Phi) is 6.09. The summed E-state index contributed by atoms with van der Waals surface area (Å²) in [7, 11) is 0. The molecule has 0 aliphatic rings. The molecule has 1 unspecified atom stereocenters. The number of imidazole rings is 1. The van der Waals surface area contributed by atoms with Gasteiger partial charge in [0.15, 0.2) is 0 Å². The second kappa shape index (κ2) is 7.83. The highest BCUT2D eigenvalue weighted by molar-refractivity contribution is 6.35. The van der Waals surface area contributed by atoms with Crippen LogP contribution in [0.5, 0.6) is 0 Å². The zero-order chi connectivity index (χ0) is 15.2. The Morgan fingerprint density at radius 1 is 1.29 bits per heavy atom. The molecule has 5 heteroatoms. The van der Waals surface area contributed by atoms with Gasteiger partial charge in [0, 0.05) is 41.4 Å². The van der Waals surface area contributed by atoms with E-state index in [1.54, 1.807) is 6.07 Å². The van der Waals surface area contributed by atoms with Crippen LogP contribution < -0.4 is 5.32 Å². The van der Waals surface area contributed by atoms with Crippen molar-refractivity contribution in [3.8, 4) is 0 Å². The zero-order valence-electron chi connectivity index (χ0n) is 12.4. The van der Waals surface area contributed by atoms with Crippen LogP contribution in [0, 0.1) is 0 Å². The number of hydrogen-bond donors (Lipinski definition) is 1. The van der Waals surface area contributed by atoms with E-state index in [9.17, 15) is 0 Å². The minimum atomic E-state index is 0.141. The molecule has 1 atom stereocenters. The highest BCUT2D eigenvalue weighted by Gasteiger charge is 2.17. The van der Waals surface area contributed by atoms with Crippen molar-refractivity contribution in [1.82, 2.24) is 14.9 Å². The third-order valence-corrected chi connectivity index (χ3v) is 4.07. The number of aromatic nitrogens is 2. The third-order valence-electron chi connectivity index (χ3n) is 3.51. The normalized spacial score (nSPS) is 12.6. The fraction of sp³-hybridized carbons (Fsp3) is 0.438. The lowest BCUT2D eigenvalue weighted by atomic mass is 10.0. The zero-order valence-corrected chi connectivity index (χ0v) is 14.0. The van der Waals surface area contributed by atoms with Gasteiger partial charge in [0.2, 0.25) is 0 Å². The number of nitrogens with one attached hydrogen (secondary N) is 1. The number of nitrogens with zero attached hydrogens (tertiary/aromatic N) is 2. The summed E-state index contributed by atoms with van der Waals surface area (Å²) in [6.07, 6.45) is 5.74. The monoisotopic (exact) mass is 325 g/mol. The molecule has 0 amide bonds. The van der Waals surface area contributed by atoms with Crippen molar-refractivity contribution in [1.29, 1.82) is 0 Å². The molecular formula is C16H21Cl2N3. The van der Waals surface area contributed by atoms with Crippen molar-refractivity contribution < 1.29 is 0 Å². The Hall–Kier alpha value is -1.03. The molecule has 1 heterocycles. The maximum absolute atomic E-state index is 6.37. The number of benzene rings is 1. The molecule has 2 aromatic rings. The van der Waals surface area contributed by atoms with Crippen LogP contribution in [0.4, 0.5) is 0 Å². The number of rotatable bonds is 7. The fourth-order valence-electron chi connectivity index (χ4n) is 2.40. The molecule has 1 aromatic heterocycles. The van der Waals surface area contributed by atoms with Gasteiger partial charge in [-0.05, 0) is 37.6 Å². The van der Waals surface area contributed by atoms with E-state index in [0.29, 0.717) is 10.0 Å².